The van der Waals surface area contributed by atoms with Gasteiger partial charge in [0.05, 0.1) is 12.1 Å². The molecule has 3 rings (SSSR count). The Morgan fingerprint density at radius 1 is 1.29 bits per heavy atom. The summed E-state index contributed by atoms with van der Waals surface area (Å²) < 4.78 is 16.2. The van der Waals surface area contributed by atoms with Gasteiger partial charge in [0.1, 0.15) is 37.3 Å². The average molecular weight is 325 g/mol. The lowest BCUT2D eigenvalue weighted by Crippen LogP contribution is -2.19. The summed E-state index contributed by atoms with van der Waals surface area (Å²) in [6, 6.07) is 10.5. The Bertz CT molecular complexity index is 786. The van der Waals surface area contributed by atoms with Crippen LogP contribution in [0.5, 0.6) is 11.5 Å². The lowest BCUT2D eigenvalue weighted by Gasteiger charge is -2.20. The third-order valence-corrected chi connectivity index (χ3v) is 3.34. The summed E-state index contributed by atoms with van der Waals surface area (Å²) in [5, 5.41) is 11.9. The maximum Gasteiger partial charge on any atom is 0.342 e. The Morgan fingerprint density at radius 2 is 2.17 bits per heavy atom. The first-order chi connectivity index (χ1) is 11.8. The summed E-state index contributed by atoms with van der Waals surface area (Å²) in [6.45, 7) is 1.32. The molecule has 2 aromatic rings. The van der Waals surface area contributed by atoms with Crippen molar-refractivity contribution in [1.29, 1.82) is 5.26 Å². The molecule has 0 fully saturated rings. The molecule has 24 heavy (non-hydrogen) atoms. The largest absolute Gasteiger partial charge is 0.486 e. The summed E-state index contributed by atoms with van der Waals surface area (Å²) in [4.78, 5) is 16.3. The number of nitriles is 1. The van der Waals surface area contributed by atoms with Crippen molar-refractivity contribution in [3.05, 3.63) is 47.7 Å². The summed E-state index contributed by atoms with van der Waals surface area (Å²) in [7, 11) is 0. The molecule has 0 amide bonds. The molecule has 122 valence electrons. The second-order valence-electron chi connectivity index (χ2n) is 4.90. The molecule has 7 heteroatoms. The lowest BCUT2D eigenvalue weighted by molar-refractivity contribution is 0.0510. The van der Waals surface area contributed by atoms with Crippen molar-refractivity contribution in [2.24, 2.45) is 0 Å². The van der Waals surface area contributed by atoms with Crippen LogP contribution in [0, 0.1) is 11.3 Å². The standard InChI is InChI=1S/C17H15N3O4/c18-11-12-3-2-6-19-16(12)20-7-8-24-17(21)13-4-1-5-14-15(13)23-10-9-22-14/h1-6H,7-10H2,(H,19,20). The van der Waals surface area contributed by atoms with Gasteiger partial charge in [-0.25, -0.2) is 9.78 Å². The molecule has 0 bridgehead atoms. The van der Waals surface area contributed by atoms with Gasteiger partial charge in [-0.2, -0.15) is 5.26 Å². The van der Waals surface area contributed by atoms with Crippen LogP contribution in [0.2, 0.25) is 0 Å². The van der Waals surface area contributed by atoms with E-state index in [1.165, 1.54) is 0 Å². The number of nitrogens with zero attached hydrogens (tertiary/aromatic N) is 2. The van der Waals surface area contributed by atoms with Crippen LogP contribution in [0.1, 0.15) is 15.9 Å². The van der Waals surface area contributed by atoms with Crippen molar-refractivity contribution >= 4 is 11.8 Å². The van der Waals surface area contributed by atoms with Crippen LogP contribution in [0.25, 0.3) is 0 Å². The topological polar surface area (TPSA) is 93.5 Å². The van der Waals surface area contributed by atoms with Crippen molar-refractivity contribution in [3.8, 4) is 17.6 Å². The number of aromatic nitrogens is 1. The van der Waals surface area contributed by atoms with Gasteiger partial charge in [0.2, 0.25) is 0 Å². The van der Waals surface area contributed by atoms with E-state index >= 15 is 0 Å². The molecular weight excluding hydrogens is 310 g/mol. The Kier molecular flexibility index (Phi) is 4.77. The molecule has 1 aromatic carbocycles. The van der Waals surface area contributed by atoms with Crippen LogP contribution in [0.4, 0.5) is 5.82 Å². The Labute approximate surface area is 138 Å². The normalized spacial score (nSPS) is 12.1. The molecule has 1 aromatic heterocycles. The highest BCUT2D eigenvalue weighted by molar-refractivity contribution is 5.93. The number of fused-ring (bicyclic) bond motifs is 1. The van der Waals surface area contributed by atoms with E-state index in [0.717, 1.165) is 0 Å². The minimum Gasteiger partial charge on any atom is -0.486 e. The Morgan fingerprint density at radius 3 is 3.04 bits per heavy atom. The van der Waals surface area contributed by atoms with Crippen LogP contribution in [-0.4, -0.2) is 37.3 Å². The molecule has 0 saturated heterocycles. The van der Waals surface area contributed by atoms with Gasteiger partial charge in [-0.1, -0.05) is 6.07 Å². The van der Waals surface area contributed by atoms with Crippen molar-refractivity contribution in [2.75, 3.05) is 31.7 Å². The maximum absolute atomic E-state index is 12.2. The van der Waals surface area contributed by atoms with Crippen LogP contribution < -0.4 is 14.8 Å². The first-order valence-corrected chi connectivity index (χ1v) is 7.44. The fourth-order valence-corrected chi connectivity index (χ4v) is 2.26. The van der Waals surface area contributed by atoms with Gasteiger partial charge in [-0.05, 0) is 24.3 Å². The number of ether oxygens (including phenoxy) is 3. The van der Waals surface area contributed by atoms with E-state index in [9.17, 15) is 4.79 Å². The molecule has 0 saturated carbocycles. The van der Waals surface area contributed by atoms with Crippen molar-refractivity contribution in [3.63, 3.8) is 0 Å². The summed E-state index contributed by atoms with van der Waals surface area (Å²) >= 11 is 0. The van der Waals surface area contributed by atoms with Crippen molar-refractivity contribution in [1.82, 2.24) is 4.98 Å². The second kappa shape index (κ2) is 7.33. The number of para-hydroxylation sites is 1. The minimum atomic E-state index is -0.485. The van der Waals surface area contributed by atoms with E-state index in [1.807, 2.05) is 6.07 Å². The van der Waals surface area contributed by atoms with Gasteiger partial charge in [-0.15, -0.1) is 0 Å². The number of anilines is 1. The van der Waals surface area contributed by atoms with E-state index < -0.39 is 5.97 Å². The SMILES string of the molecule is N#Cc1cccnc1NCCOC(=O)c1cccc2c1OCCO2. The molecule has 7 nitrogen and oxygen atoms in total. The van der Waals surface area contributed by atoms with E-state index in [1.54, 1.807) is 36.5 Å². The van der Waals surface area contributed by atoms with Crippen LogP contribution in [-0.2, 0) is 4.74 Å². The van der Waals surface area contributed by atoms with Gasteiger partial charge >= 0.3 is 5.97 Å². The fraction of sp³-hybridized carbons (Fsp3) is 0.235. The third kappa shape index (κ3) is 3.38. The molecule has 1 aliphatic heterocycles. The molecule has 2 heterocycles. The smallest absolute Gasteiger partial charge is 0.342 e. The number of pyridine rings is 1. The van der Waals surface area contributed by atoms with Crippen LogP contribution in [0.15, 0.2) is 36.5 Å². The number of benzene rings is 1. The number of carbonyl (C=O) groups is 1. The van der Waals surface area contributed by atoms with Gasteiger partial charge in [-0.3, -0.25) is 0 Å². The first-order valence-electron chi connectivity index (χ1n) is 7.44. The molecule has 0 aliphatic carbocycles. The summed E-state index contributed by atoms with van der Waals surface area (Å²) in [5.41, 5.74) is 0.772. The van der Waals surface area contributed by atoms with E-state index in [4.69, 9.17) is 19.5 Å². The quantitative estimate of drug-likeness (QED) is 0.663. The number of carbonyl (C=O) groups excluding carboxylic acids is 1. The van der Waals surface area contributed by atoms with Crippen molar-refractivity contribution < 1.29 is 19.0 Å². The number of rotatable bonds is 5. The number of hydrogen-bond acceptors (Lipinski definition) is 7. The molecule has 0 radical (unpaired) electrons. The molecule has 0 spiro atoms. The zero-order valence-electron chi connectivity index (χ0n) is 12.8. The zero-order chi connectivity index (χ0) is 16.8. The average Bonchev–Trinajstić information content (AvgIpc) is 2.65. The van der Waals surface area contributed by atoms with E-state index in [0.29, 0.717) is 48.2 Å². The van der Waals surface area contributed by atoms with Gasteiger partial charge in [0, 0.05) is 6.20 Å². The molecule has 1 N–H and O–H groups in total. The maximum atomic E-state index is 12.2. The molecular formula is C17H15N3O4. The van der Waals surface area contributed by atoms with Gasteiger partial charge in [0.25, 0.3) is 0 Å². The Hall–Kier alpha value is -3.27. The number of nitrogens with one attached hydrogen (secondary N) is 1. The zero-order valence-corrected chi connectivity index (χ0v) is 12.8. The Balaban J connectivity index is 1.56. The highest BCUT2D eigenvalue weighted by Gasteiger charge is 2.21. The first kappa shape index (κ1) is 15.6. The van der Waals surface area contributed by atoms with Crippen LogP contribution in [0.3, 0.4) is 0 Å². The molecule has 1 aliphatic rings. The van der Waals surface area contributed by atoms with Gasteiger partial charge < -0.3 is 19.5 Å². The van der Waals surface area contributed by atoms with E-state index in [2.05, 4.69) is 10.3 Å². The third-order valence-electron chi connectivity index (χ3n) is 3.34. The fourth-order valence-electron chi connectivity index (χ4n) is 2.26. The number of esters is 1. The summed E-state index contributed by atoms with van der Waals surface area (Å²) in [6.07, 6.45) is 1.59. The highest BCUT2D eigenvalue weighted by atomic mass is 16.6. The predicted molar refractivity (Wildman–Crippen MR) is 85.2 cm³/mol. The minimum absolute atomic E-state index is 0.130. The van der Waals surface area contributed by atoms with E-state index in [-0.39, 0.29) is 6.61 Å². The molecule has 0 atom stereocenters. The predicted octanol–water partition coefficient (Wildman–Crippen LogP) is 1.99. The number of hydrogen-bond donors (Lipinski definition) is 1. The monoisotopic (exact) mass is 325 g/mol. The highest BCUT2D eigenvalue weighted by Crippen LogP contribution is 2.33. The molecule has 0 unspecified atom stereocenters. The summed E-state index contributed by atoms with van der Waals surface area (Å²) in [5.74, 6) is 0.935. The second-order valence-corrected chi connectivity index (χ2v) is 4.90. The van der Waals surface area contributed by atoms with Crippen LogP contribution >= 0.6 is 0 Å². The van der Waals surface area contributed by atoms with Crippen molar-refractivity contribution in [2.45, 2.75) is 0 Å². The lowest BCUT2D eigenvalue weighted by atomic mass is 10.2. The van der Waals surface area contributed by atoms with Gasteiger partial charge in [0.15, 0.2) is 11.5 Å².